The lowest BCUT2D eigenvalue weighted by Crippen LogP contribution is -2.43. The van der Waals surface area contributed by atoms with Crippen molar-refractivity contribution in [1.29, 1.82) is 0 Å². The van der Waals surface area contributed by atoms with Crippen LogP contribution in [0.1, 0.15) is 6.42 Å². The Morgan fingerprint density at radius 2 is 2.45 bits per heavy atom. The van der Waals surface area contributed by atoms with Gasteiger partial charge in [0.05, 0.1) is 5.92 Å². The number of fused-ring (bicyclic) bond motifs is 1. The van der Waals surface area contributed by atoms with E-state index in [1.54, 1.807) is 12.2 Å². The Morgan fingerprint density at radius 3 is 3.27 bits per heavy atom. The standard InChI is InChI=1S/C8H10N2O/c11-8-3-1-2-7-6(8)4-5-9-10-7/h1-3,6,9-10H,4-5H2. The predicted octanol–water partition coefficient (Wildman–Crippen LogP) is 0.123. The van der Waals surface area contributed by atoms with E-state index >= 15 is 0 Å². The van der Waals surface area contributed by atoms with Crippen LogP contribution in [-0.4, -0.2) is 12.3 Å². The number of carbonyl (C=O) groups is 1. The molecule has 2 N–H and O–H groups in total. The number of allylic oxidation sites excluding steroid dienone is 4. The summed E-state index contributed by atoms with van der Waals surface area (Å²) in [6.45, 7) is 0.863. The highest BCUT2D eigenvalue weighted by Gasteiger charge is 2.25. The molecule has 1 atom stereocenters. The molecule has 1 fully saturated rings. The average molecular weight is 150 g/mol. The second-order valence-corrected chi connectivity index (χ2v) is 2.78. The molecule has 1 saturated heterocycles. The van der Waals surface area contributed by atoms with E-state index in [1.807, 2.05) is 6.08 Å². The summed E-state index contributed by atoms with van der Waals surface area (Å²) >= 11 is 0. The van der Waals surface area contributed by atoms with E-state index in [-0.39, 0.29) is 11.7 Å². The van der Waals surface area contributed by atoms with Gasteiger partial charge in [0.2, 0.25) is 0 Å². The predicted molar refractivity (Wildman–Crippen MR) is 41.5 cm³/mol. The summed E-state index contributed by atoms with van der Waals surface area (Å²) in [5.41, 5.74) is 6.99. The molecule has 3 heteroatoms. The number of nitrogens with one attached hydrogen (secondary N) is 2. The Labute approximate surface area is 65.1 Å². The molecule has 0 radical (unpaired) electrons. The Kier molecular flexibility index (Phi) is 1.51. The second kappa shape index (κ2) is 2.51. The van der Waals surface area contributed by atoms with Crippen LogP contribution >= 0.6 is 0 Å². The Morgan fingerprint density at radius 1 is 1.55 bits per heavy atom. The molecule has 0 spiro atoms. The summed E-state index contributed by atoms with van der Waals surface area (Å²) in [6, 6.07) is 0. The second-order valence-electron chi connectivity index (χ2n) is 2.78. The number of carbonyl (C=O) groups excluding carboxylic acids is 1. The number of hydrazine groups is 1. The van der Waals surface area contributed by atoms with Crippen molar-refractivity contribution in [3.05, 3.63) is 23.9 Å². The van der Waals surface area contributed by atoms with Crippen LogP contribution in [-0.2, 0) is 4.79 Å². The molecule has 1 unspecified atom stereocenters. The summed E-state index contributed by atoms with van der Waals surface area (Å²) in [5.74, 6) is 0.303. The maximum atomic E-state index is 11.2. The van der Waals surface area contributed by atoms with Crippen LogP contribution in [0.15, 0.2) is 23.9 Å². The number of ketones is 1. The maximum absolute atomic E-state index is 11.2. The molecule has 2 rings (SSSR count). The third-order valence-electron chi connectivity index (χ3n) is 2.05. The highest BCUT2D eigenvalue weighted by Crippen LogP contribution is 2.19. The van der Waals surface area contributed by atoms with E-state index < -0.39 is 0 Å². The normalized spacial score (nSPS) is 28.9. The molecule has 3 nitrogen and oxygen atoms in total. The molecule has 1 aliphatic carbocycles. The number of hydrogen-bond acceptors (Lipinski definition) is 3. The molecule has 0 aromatic rings. The van der Waals surface area contributed by atoms with Crippen LogP contribution in [0.5, 0.6) is 0 Å². The molecule has 0 saturated carbocycles. The Balaban J connectivity index is 2.25. The lowest BCUT2D eigenvalue weighted by molar-refractivity contribution is -0.117. The fraction of sp³-hybridized carbons (Fsp3) is 0.375. The quantitative estimate of drug-likeness (QED) is 0.515. The van der Waals surface area contributed by atoms with Crippen molar-refractivity contribution in [2.75, 3.05) is 6.54 Å². The van der Waals surface area contributed by atoms with Crippen molar-refractivity contribution in [3.8, 4) is 0 Å². The highest BCUT2D eigenvalue weighted by atomic mass is 16.1. The zero-order chi connectivity index (χ0) is 7.68. The first-order valence-electron chi connectivity index (χ1n) is 3.79. The van der Waals surface area contributed by atoms with Gasteiger partial charge < -0.3 is 5.43 Å². The van der Waals surface area contributed by atoms with Gasteiger partial charge in [-0.05, 0) is 18.6 Å². The summed E-state index contributed by atoms with van der Waals surface area (Å²) < 4.78 is 0. The molecule has 58 valence electrons. The van der Waals surface area contributed by atoms with Crippen molar-refractivity contribution in [2.24, 2.45) is 5.92 Å². The van der Waals surface area contributed by atoms with Crippen LogP contribution in [0.2, 0.25) is 0 Å². The third kappa shape index (κ3) is 1.07. The van der Waals surface area contributed by atoms with Gasteiger partial charge in [-0.3, -0.25) is 4.79 Å². The van der Waals surface area contributed by atoms with Gasteiger partial charge in [-0.2, -0.15) is 0 Å². The first kappa shape index (κ1) is 6.61. The van der Waals surface area contributed by atoms with Crippen LogP contribution in [0.4, 0.5) is 0 Å². The van der Waals surface area contributed by atoms with E-state index in [1.165, 1.54) is 0 Å². The van der Waals surface area contributed by atoms with E-state index in [9.17, 15) is 4.79 Å². The average Bonchev–Trinajstić information content (AvgIpc) is 2.06. The molecule has 0 amide bonds. The monoisotopic (exact) mass is 150 g/mol. The van der Waals surface area contributed by atoms with Gasteiger partial charge in [0.1, 0.15) is 0 Å². The topological polar surface area (TPSA) is 41.1 Å². The van der Waals surface area contributed by atoms with Crippen molar-refractivity contribution in [2.45, 2.75) is 6.42 Å². The van der Waals surface area contributed by atoms with Gasteiger partial charge in [0, 0.05) is 12.2 Å². The minimum atomic E-state index is 0.0845. The van der Waals surface area contributed by atoms with E-state index in [0.29, 0.717) is 0 Å². The summed E-state index contributed by atoms with van der Waals surface area (Å²) in [4.78, 5) is 11.2. The van der Waals surface area contributed by atoms with E-state index in [2.05, 4.69) is 10.9 Å². The van der Waals surface area contributed by atoms with Crippen molar-refractivity contribution in [1.82, 2.24) is 10.9 Å². The fourth-order valence-corrected chi connectivity index (χ4v) is 1.44. The highest BCUT2D eigenvalue weighted by molar-refractivity contribution is 5.95. The Hall–Kier alpha value is -1.09. The first-order valence-corrected chi connectivity index (χ1v) is 3.79. The molecule has 0 aromatic carbocycles. The lowest BCUT2D eigenvalue weighted by Gasteiger charge is -2.27. The van der Waals surface area contributed by atoms with E-state index in [0.717, 1.165) is 18.7 Å². The number of hydrogen-bond donors (Lipinski definition) is 2. The molecule has 0 bridgehead atoms. The zero-order valence-electron chi connectivity index (χ0n) is 6.13. The smallest absolute Gasteiger partial charge is 0.164 e. The SMILES string of the molecule is O=C1C=CC=C2NNCCC12. The lowest BCUT2D eigenvalue weighted by atomic mass is 9.91. The summed E-state index contributed by atoms with van der Waals surface area (Å²) in [6.07, 6.45) is 6.27. The van der Waals surface area contributed by atoms with Gasteiger partial charge in [-0.1, -0.05) is 6.08 Å². The van der Waals surface area contributed by atoms with Crippen LogP contribution in [0.25, 0.3) is 0 Å². The van der Waals surface area contributed by atoms with Crippen LogP contribution in [0.3, 0.4) is 0 Å². The van der Waals surface area contributed by atoms with Crippen molar-refractivity contribution >= 4 is 5.78 Å². The molecule has 11 heavy (non-hydrogen) atoms. The molecular weight excluding hydrogens is 140 g/mol. The van der Waals surface area contributed by atoms with Crippen molar-refractivity contribution in [3.63, 3.8) is 0 Å². The van der Waals surface area contributed by atoms with Gasteiger partial charge in [0.25, 0.3) is 0 Å². The maximum Gasteiger partial charge on any atom is 0.164 e. The minimum Gasteiger partial charge on any atom is -0.325 e. The first-order chi connectivity index (χ1) is 5.38. The summed E-state index contributed by atoms with van der Waals surface area (Å²) in [5, 5.41) is 0. The third-order valence-corrected chi connectivity index (χ3v) is 2.05. The Bertz CT molecular complexity index is 242. The van der Waals surface area contributed by atoms with Gasteiger partial charge in [0.15, 0.2) is 5.78 Å². The zero-order valence-corrected chi connectivity index (χ0v) is 6.13. The largest absolute Gasteiger partial charge is 0.325 e. The molecule has 0 aromatic heterocycles. The summed E-state index contributed by atoms with van der Waals surface area (Å²) in [7, 11) is 0. The molecule has 1 aliphatic heterocycles. The van der Waals surface area contributed by atoms with Gasteiger partial charge >= 0.3 is 0 Å². The van der Waals surface area contributed by atoms with Crippen LogP contribution < -0.4 is 10.9 Å². The number of rotatable bonds is 0. The molecule has 1 heterocycles. The minimum absolute atomic E-state index is 0.0845. The molecular formula is C8H10N2O. The van der Waals surface area contributed by atoms with Crippen molar-refractivity contribution < 1.29 is 4.79 Å². The van der Waals surface area contributed by atoms with Crippen LogP contribution in [0, 0.1) is 5.92 Å². The van der Waals surface area contributed by atoms with Gasteiger partial charge in [-0.25, -0.2) is 5.43 Å². The fourth-order valence-electron chi connectivity index (χ4n) is 1.44. The van der Waals surface area contributed by atoms with E-state index in [4.69, 9.17) is 0 Å². The molecule has 2 aliphatic rings. The van der Waals surface area contributed by atoms with Gasteiger partial charge in [-0.15, -0.1) is 0 Å².